The Kier molecular flexibility index (Phi) is 3.98. The molecular weight excluding hydrogens is 312 g/mol. The van der Waals surface area contributed by atoms with Gasteiger partial charge in [-0.15, -0.1) is 0 Å². The van der Waals surface area contributed by atoms with E-state index in [1.54, 1.807) is 0 Å². The van der Waals surface area contributed by atoms with Gasteiger partial charge >= 0.3 is 5.97 Å². The van der Waals surface area contributed by atoms with E-state index in [-0.39, 0.29) is 11.9 Å². The summed E-state index contributed by atoms with van der Waals surface area (Å²) in [6.07, 6.45) is 0.859. The average Bonchev–Trinajstić information content (AvgIpc) is 2.62. The lowest BCUT2D eigenvalue weighted by Gasteiger charge is -2.28. The molecule has 0 saturated carbocycles. The highest BCUT2D eigenvalue weighted by Gasteiger charge is 2.26. The van der Waals surface area contributed by atoms with Gasteiger partial charge in [-0.05, 0) is 36.2 Å². The Hall–Kier alpha value is -3.07. The van der Waals surface area contributed by atoms with Crippen molar-refractivity contribution >= 4 is 5.97 Å². The van der Waals surface area contributed by atoms with Gasteiger partial charge in [-0.1, -0.05) is 48.5 Å². The van der Waals surface area contributed by atoms with E-state index in [1.165, 1.54) is 23.6 Å². The normalized spacial score (nSPS) is 12.7. The van der Waals surface area contributed by atoms with Crippen molar-refractivity contribution in [1.82, 2.24) is 0 Å². The Bertz CT molecular complexity index is 867. The van der Waals surface area contributed by atoms with Crippen LogP contribution in [0.3, 0.4) is 0 Å². The first-order chi connectivity index (χ1) is 12.2. The van der Waals surface area contributed by atoms with Gasteiger partial charge in [0.15, 0.2) is 0 Å². The predicted molar refractivity (Wildman–Crippen MR) is 96.3 cm³/mol. The van der Waals surface area contributed by atoms with Gasteiger partial charge in [-0.2, -0.15) is 0 Å². The second-order valence-electron chi connectivity index (χ2n) is 6.17. The van der Waals surface area contributed by atoms with Gasteiger partial charge < -0.3 is 9.47 Å². The van der Waals surface area contributed by atoms with Crippen molar-refractivity contribution in [2.24, 2.45) is 0 Å². The van der Waals surface area contributed by atoms with Crippen LogP contribution in [0, 0.1) is 0 Å². The van der Waals surface area contributed by atoms with Crippen LogP contribution in [0.5, 0.6) is 17.2 Å². The van der Waals surface area contributed by atoms with E-state index in [0.717, 1.165) is 17.9 Å². The average molecular weight is 330 g/mol. The topological polar surface area (TPSA) is 35.5 Å². The van der Waals surface area contributed by atoms with Crippen molar-refractivity contribution in [2.45, 2.75) is 19.3 Å². The van der Waals surface area contributed by atoms with Crippen LogP contribution in [-0.2, 0) is 11.2 Å². The highest BCUT2D eigenvalue weighted by atomic mass is 16.5. The number of carbonyl (C=O) groups is 1. The van der Waals surface area contributed by atoms with Gasteiger partial charge in [-0.3, -0.25) is 4.79 Å². The number of carbonyl (C=O) groups excluding carboxylic acids is 1. The van der Waals surface area contributed by atoms with Crippen LogP contribution in [0.25, 0.3) is 0 Å². The zero-order valence-corrected chi connectivity index (χ0v) is 13.9. The molecule has 0 aromatic heterocycles. The van der Waals surface area contributed by atoms with Crippen molar-refractivity contribution in [3.05, 3.63) is 89.5 Å². The molecule has 0 atom stereocenters. The molecule has 3 aromatic carbocycles. The lowest BCUT2D eigenvalue weighted by atomic mass is 9.83. The molecule has 124 valence electrons. The van der Waals surface area contributed by atoms with Crippen molar-refractivity contribution < 1.29 is 14.3 Å². The molecule has 0 bridgehead atoms. The van der Waals surface area contributed by atoms with Gasteiger partial charge in [0.2, 0.25) is 0 Å². The molecular formula is C22H18O3. The summed E-state index contributed by atoms with van der Waals surface area (Å²) in [7, 11) is 0. The molecule has 25 heavy (non-hydrogen) atoms. The molecule has 0 radical (unpaired) electrons. The first-order valence-corrected chi connectivity index (χ1v) is 8.34. The monoisotopic (exact) mass is 330 g/mol. The first-order valence-electron chi connectivity index (χ1n) is 8.34. The fourth-order valence-corrected chi connectivity index (χ4v) is 3.32. The quantitative estimate of drug-likeness (QED) is 0.495. The number of benzene rings is 3. The number of esters is 1. The Labute approximate surface area is 146 Å². The summed E-state index contributed by atoms with van der Waals surface area (Å²) in [5.41, 5.74) is 3.59. The Morgan fingerprint density at radius 3 is 2.00 bits per heavy atom. The van der Waals surface area contributed by atoms with Crippen LogP contribution >= 0.6 is 0 Å². The van der Waals surface area contributed by atoms with Crippen LogP contribution in [0.4, 0.5) is 0 Å². The summed E-state index contributed by atoms with van der Waals surface area (Å²) in [6, 6.07) is 24.1. The largest absolute Gasteiger partial charge is 0.457 e. The van der Waals surface area contributed by atoms with Crippen LogP contribution in [0.15, 0.2) is 72.8 Å². The van der Waals surface area contributed by atoms with Crippen LogP contribution < -0.4 is 9.47 Å². The van der Waals surface area contributed by atoms with Gasteiger partial charge in [0, 0.05) is 24.0 Å². The fraction of sp³-hybridized carbons (Fsp3) is 0.136. The van der Waals surface area contributed by atoms with E-state index in [4.69, 9.17) is 9.47 Å². The first kappa shape index (κ1) is 15.5. The second kappa shape index (κ2) is 6.44. The summed E-state index contributed by atoms with van der Waals surface area (Å²) in [5.74, 6) is 2.34. The lowest BCUT2D eigenvalue weighted by molar-refractivity contribution is -0.131. The van der Waals surface area contributed by atoms with E-state index >= 15 is 0 Å². The molecule has 0 amide bonds. The molecule has 3 nitrogen and oxygen atoms in total. The van der Waals surface area contributed by atoms with Crippen molar-refractivity contribution in [1.29, 1.82) is 0 Å². The summed E-state index contributed by atoms with van der Waals surface area (Å²) < 4.78 is 11.2. The summed E-state index contributed by atoms with van der Waals surface area (Å²) in [4.78, 5) is 11.1. The highest BCUT2D eigenvalue weighted by Crippen LogP contribution is 2.45. The molecule has 0 unspecified atom stereocenters. The minimum absolute atomic E-state index is 0.237. The molecule has 0 saturated heterocycles. The maximum Gasteiger partial charge on any atom is 0.308 e. The van der Waals surface area contributed by atoms with Gasteiger partial charge in [-0.25, -0.2) is 0 Å². The van der Waals surface area contributed by atoms with E-state index in [1.807, 2.05) is 60.7 Å². The van der Waals surface area contributed by atoms with Crippen LogP contribution in [-0.4, -0.2) is 5.97 Å². The second-order valence-corrected chi connectivity index (χ2v) is 6.17. The molecule has 1 aliphatic rings. The SMILES string of the molecule is CC(=O)Oc1ccc(CC2c3ccccc3Oc3ccccc32)cc1. The van der Waals surface area contributed by atoms with Gasteiger partial charge in [0.1, 0.15) is 17.2 Å². The zero-order valence-electron chi connectivity index (χ0n) is 13.9. The number of hydrogen-bond acceptors (Lipinski definition) is 3. The van der Waals surface area contributed by atoms with Crippen LogP contribution in [0.1, 0.15) is 29.5 Å². The van der Waals surface area contributed by atoms with E-state index in [0.29, 0.717) is 5.75 Å². The molecule has 0 spiro atoms. The minimum atomic E-state index is -0.306. The van der Waals surface area contributed by atoms with Crippen molar-refractivity contribution in [3.8, 4) is 17.2 Å². The highest BCUT2D eigenvalue weighted by molar-refractivity contribution is 5.69. The number of fused-ring (bicyclic) bond motifs is 2. The summed E-state index contributed by atoms with van der Waals surface area (Å²) >= 11 is 0. The molecule has 0 fully saturated rings. The number of ether oxygens (including phenoxy) is 2. The third-order valence-electron chi connectivity index (χ3n) is 4.43. The maximum absolute atomic E-state index is 11.1. The van der Waals surface area contributed by atoms with E-state index in [9.17, 15) is 4.79 Å². The minimum Gasteiger partial charge on any atom is -0.457 e. The van der Waals surface area contributed by atoms with Gasteiger partial charge in [0.05, 0.1) is 0 Å². The fourth-order valence-electron chi connectivity index (χ4n) is 3.32. The van der Waals surface area contributed by atoms with E-state index < -0.39 is 0 Å². The summed E-state index contributed by atoms with van der Waals surface area (Å²) in [6.45, 7) is 1.41. The zero-order chi connectivity index (χ0) is 17.2. The summed E-state index contributed by atoms with van der Waals surface area (Å²) in [5, 5.41) is 0. The molecule has 0 aliphatic carbocycles. The maximum atomic E-state index is 11.1. The molecule has 0 N–H and O–H groups in total. The predicted octanol–water partition coefficient (Wildman–Crippen LogP) is 5.09. The molecule has 1 aliphatic heterocycles. The van der Waals surface area contributed by atoms with Crippen molar-refractivity contribution in [2.75, 3.05) is 0 Å². The third kappa shape index (κ3) is 3.13. The Balaban J connectivity index is 1.67. The smallest absolute Gasteiger partial charge is 0.308 e. The third-order valence-corrected chi connectivity index (χ3v) is 4.43. The molecule has 3 heteroatoms. The molecule has 1 heterocycles. The standard InChI is InChI=1S/C22H18O3/c1-15(23)24-17-12-10-16(11-13-17)14-20-18-6-2-4-8-21(18)25-22-9-5-3-7-19(20)22/h2-13,20H,14H2,1H3. The Morgan fingerprint density at radius 2 is 1.44 bits per heavy atom. The number of rotatable bonds is 3. The number of hydrogen-bond donors (Lipinski definition) is 0. The Morgan fingerprint density at radius 1 is 0.880 bits per heavy atom. The van der Waals surface area contributed by atoms with E-state index in [2.05, 4.69) is 12.1 Å². The molecule has 3 aromatic rings. The number of para-hydroxylation sites is 2. The van der Waals surface area contributed by atoms with Gasteiger partial charge in [0.25, 0.3) is 0 Å². The lowest BCUT2D eigenvalue weighted by Crippen LogP contribution is -2.12. The molecule has 4 rings (SSSR count). The van der Waals surface area contributed by atoms with Crippen molar-refractivity contribution in [3.63, 3.8) is 0 Å². The van der Waals surface area contributed by atoms with Crippen LogP contribution in [0.2, 0.25) is 0 Å².